The molecule has 2 aromatic rings. The molecule has 1 N–H and O–H groups in total. The van der Waals surface area contributed by atoms with E-state index in [0.717, 1.165) is 11.2 Å². The average molecular weight is 350 g/mol. The van der Waals surface area contributed by atoms with Crippen molar-refractivity contribution in [3.05, 3.63) is 30.1 Å². The van der Waals surface area contributed by atoms with Crippen molar-refractivity contribution < 1.29 is 9.53 Å². The van der Waals surface area contributed by atoms with Gasteiger partial charge < -0.3 is 15.0 Å². The first-order valence-electron chi connectivity index (χ1n) is 8.56. The molecule has 2 fully saturated rings. The molecule has 132 valence electrons. The minimum Gasteiger partial charge on any atom is -0.364 e. The van der Waals surface area contributed by atoms with Crippen molar-refractivity contribution >= 4 is 17.1 Å². The molecule has 8 nitrogen and oxygen atoms in total. The van der Waals surface area contributed by atoms with Crippen LogP contribution in [0, 0.1) is 22.7 Å². The van der Waals surface area contributed by atoms with Gasteiger partial charge in [0.15, 0.2) is 6.10 Å². The lowest BCUT2D eigenvalue weighted by Gasteiger charge is -2.38. The van der Waals surface area contributed by atoms with Crippen molar-refractivity contribution in [2.24, 2.45) is 0 Å². The van der Waals surface area contributed by atoms with Gasteiger partial charge in [0, 0.05) is 6.54 Å². The summed E-state index contributed by atoms with van der Waals surface area (Å²) >= 11 is 0. The zero-order chi connectivity index (χ0) is 18.3. The summed E-state index contributed by atoms with van der Waals surface area (Å²) < 4.78 is 7.42. The zero-order valence-corrected chi connectivity index (χ0v) is 14.3. The number of morpholine rings is 1. The predicted molar refractivity (Wildman–Crippen MR) is 92.2 cm³/mol. The Morgan fingerprint density at radius 1 is 1.35 bits per heavy atom. The number of hydrogen-bond acceptors (Lipinski definition) is 6. The summed E-state index contributed by atoms with van der Waals surface area (Å²) in [5.74, 6) is -0.251. The largest absolute Gasteiger partial charge is 0.364 e. The average Bonchev–Trinajstić information content (AvgIpc) is 3.24. The Morgan fingerprint density at radius 2 is 2.15 bits per heavy atom. The first-order valence-corrected chi connectivity index (χ1v) is 8.56. The monoisotopic (exact) mass is 350 g/mol. The fourth-order valence-electron chi connectivity index (χ4n) is 3.35. The molecular weight excluding hydrogens is 332 g/mol. The summed E-state index contributed by atoms with van der Waals surface area (Å²) in [4.78, 5) is 14.6. The van der Waals surface area contributed by atoms with Crippen LogP contribution in [0.5, 0.6) is 0 Å². The van der Waals surface area contributed by atoms with Crippen LogP contribution >= 0.6 is 0 Å². The van der Waals surface area contributed by atoms with Gasteiger partial charge in [-0.25, -0.2) is 4.52 Å². The molecule has 3 heterocycles. The number of pyridine rings is 1. The number of hydrogen-bond donors (Lipinski definition) is 1. The Bertz CT molecular complexity index is 949. The maximum atomic E-state index is 12.6. The third kappa shape index (κ3) is 2.75. The molecule has 2 atom stereocenters. The zero-order valence-electron chi connectivity index (χ0n) is 14.3. The summed E-state index contributed by atoms with van der Waals surface area (Å²) in [6.45, 7) is 2.92. The van der Waals surface area contributed by atoms with Crippen molar-refractivity contribution in [2.45, 2.75) is 37.5 Å². The molecule has 0 radical (unpaired) electrons. The fraction of sp³-hybridized carbons (Fsp3) is 0.444. The lowest BCUT2D eigenvalue weighted by atomic mass is 10.1. The number of aromatic nitrogens is 2. The number of rotatable bonds is 3. The maximum absolute atomic E-state index is 12.6. The van der Waals surface area contributed by atoms with Crippen LogP contribution in [0.3, 0.4) is 0 Å². The minimum absolute atomic E-state index is 0.143. The third-order valence-electron chi connectivity index (χ3n) is 4.87. The second-order valence-corrected chi connectivity index (χ2v) is 6.87. The van der Waals surface area contributed by atoms with Crippen LogP contribution in [-0.4, -0.2) is 46.4 Å². The van der Waals surface area contributed by atoms with E-state index >= 15 is 0 Å². The second-order valence-electron chi connectivity index (χ2n) is 6.87. The van der Waals surface area contributed by atoms with E-state index in [2.05, 4.69) is 27.5 Å². The maximum Gasteiger partial charge on any atom is 0.252 e. The number of nitrogens with zero attached hydrogens (tertiary/aromatic N) is 5. The van der Waals surface area contributed by atoms with Gasteiger partial charge >= 0.3 is 0 Å². The van der Waals surface area contributed by atoms with Gasteiger partial charge in [0.05, 0.1) is 36.1 Å². The number of anilines is 1. The first-order chi connectivity index (χ1) is 12.5. The van der Waals surface area contributed by atoms with Crippen LogP contribution in [0.1, 0.15) is 25.5 Å². The molecule has 2 unspecified atom stereocenters. The highest BCUT2D eigenvalue weighted by Gasteiger charge is 2.46. The topological polar surface area (TPSA) is 106 Å². The summed E-state index contributed by atoms with van der Waals surface area (Å²) in [5.41, 5.74) is 1.46. The van der Waals surface area contributed by atoms with Crippen LogP contribution in [0.4, 0.5) is 5.69 Å². The minimum atomic E-state index is -0.709. The Balaban J connectivity index is 1.60. The van der Waals surface area contributed by atoms with E-state index in [4.69, 9.17) is 4.74 Å². The molecule has 26 heavy (non-hydrogen) atoms. The van der Waals surface area contributed by atoms with Gasteiger partial charge in [-0.3, -0.25) is 4.79 Å². The van der Waals surface area contributed by atoms with E-state index < -0.39 is 11.6 Å². The molecule has 0 spiro atoms. The molecule has 8 heteroatoms. The van der Waals surface area contributed by atoms with Gasteiger partial charge in [-0.1, -0.05) is 0 Å². The van der Waals surface area contributed by atoms with Crippen molar-refractivity contribution in [1.29, 1.82) is 10.5 Å². The number of amides is 1. The normalized spacial score (nSPS) is 23.9. The van der Waals surface area contributed by atoms with Crippen LogP contribution < -0.4 is 10.2 Å². The van der Waals surface area contributed by atoms with E-state index in [0.29, 0.717) is 31.6 Å². The van der Waals surface area contributed by atoms with Gasteiger partial charge in [0.1, 0.15) is 17.3 Å². The summed E-state index contributed by atoms with van der Waals surface area (Å²) in [6, 6.07) is 9.73. The summed E-state index contributed by atoms with van der Waals surface area (Å²) in [5, 5.41) is 25.4. The van der Waals surface area contributed by atoms with Gasteiger partial charge in [-0.2, -0.15) is 15.6 Å². The van der Waals surface area contributed by atoms with Gasteiger partial charge in [0.2, 0.25) is 0 Å². The molecule has 0 bridgehead atoms. The van der Waals surface area contributed by atoms with E-state index in [-0.39, 0.29) is 12.0 Å². The predicted octanol–water partition coefficient (Wildman–Crippen LogP) is 0.972. The molecule has 2 aromatic heterocycles. The Kier molecular flexibility index (Phi) is 3.78. The fourth-order valence-corrected chi connectivity index (χ4v) is 3.35. The van der Waals surface area contributed by atoms with Crippen molar-refractivity contribution in [2.75, 3.05) is 18.0 Å². The van der Waals surface area contributed by atoms with E-state index in [1.54, 1.807) is 16.8 Å². The number of nitriles is 2. The number of ether oxygens (including phenoxy) is 1. The van der Waals surface area contributed by atoms with E-state index in [1.165, 1.54) is 0 Å². The Labute approximate surface area is 150 Å². The Hall–Kier alpha value is -3.10. The molecule has 0 aromatic carbocycles. The highest BCUT2D eigenvalue weighted by molar-refractivity contribution is 5.84. The number of nitrogens with one attached hydrogen (secondary N) is 1. The Morgan fingerprint density at radius 3 is 2.85 bits per heavy atom. The molecule has 1 saturated heterocycles. The van der Waals surface area contributed by atoms with Gasteiger partial charge in [-0.15, -0.1) is 0 Å². The number of carbonyl (C=O) groups excluding carboxylic acids is 1. The van der Waals surface area contributed by atoms with E-state index in [1.807, 2.05) is 19.1 Å². The quantitative estimate of drug-likeness (QED) is 0.884. The molecule has 1 aliphatic heterocycles. The highest BCUT2D eigenvalue weighted by atomic mass is 16.5. The third-order valence-corrected chi connectivity index (χ3v) is 4.87. The van der Waals surface area contributed by atoms with Crippen LogP contribution in [0.15, 0.2) is 24.4 Å². The molecule has 1 aliphatic carbocycles. The van der Waals surface area contributed by atoms with Crippen LogP contribution in [0.25, 0.3) is 5.52 Å². The van der Waals surface area contributed by atoms with Gasteiger partial charge in [0.25, 0.3) is 5.91 Å². The highest BCUT2D eigenvalue weighted by Crippen LogP contribution is 2.34. The first kappa shape index (κ1) is 16.4. The summed E-state index contributed by atoms with van der Waals surface area (Å²) in [7, 11) is 0. The molecule has 2 aliphatic rings. The molecular formula is C18H18N6O2. The van der Waals surface area contributed by atoms with Crippen LogP contribution in [-0.2, 0) is 9.53 Å². The van der Waals surface area contributed by atoms with Crippen LogP contribution in [0.2, 0.25) is 0 Å². The SMILES string of the molecule is CC1CN(c2ccc(C#N)n3nccc23)CC(C(=O)NC2(C#N)CC2)O1. The molecule has 4 rings (SSSR count). The standard InChI is InChI=1S/C18H18N6O2/c1-12-9-23(10-16(26-12)17(25)22-18(11-20)5-6-18)14-3-2-13(8-19)24-15(14)4-7-21-24/h2-4,7,12,16H,5-6,9-10H2,1H3,(H,22,25). The molecule has 1 saturated carbocycles. The van der Waals surface area contributed by atoms with Gasteiger partial charge in [-0.05, 0) is 38.0 Å². The lowest BCUT2D eigenvalue weighted by Crippen LogP contribution is -2.54. The van der Waals surface area contributed by atoms with Crippen molar-refractivity contribution in [1.82, 2.24) is 14.9 Å². The number of fused-ring (bicyclic) bond motifs is 1. The van der Waals surface area contributed by atoms with Crippen molar-refractivity contribution in [3.8, 4) is 12.1 Å². The number of carbonyl (C=O) groups is 1. The second kappa shape index (κ2) is 6.01. The smallest absolute Gasteiger partial charge is 0.252 e. The molecule has 1 amide bonds. The van der Waals surface area contributed by atoms with Crippen molar-refractivity contribution in [3.63, 3.8) is 0 Å². The lowest BCUT2D eigenvalue weighted by molar-refractivity contribution is -0.137. The van der Waals surface area contributed by atoms with E-state index in [9.17, 15) is 15.3 Å². The summed E-state index contributed by atoms with van der Waals surface area (Å²) in [6.07, 6.45) is 2.23.